The van der Waals surface area contributed by atoms with E-state index < -0.39 is 0 Å². The van der Waals surface area contributed by atoms with Crippen LogP contribution in [0.4, 0.5) is 5.69 Å². The smallest absolute Gasteiger partial charge is 0.195 e. The standard InChI is InChI=1S/C22H30N4O2/c1-4-28-20-10-9-19(15-21(20)27-3)25-22(23-2)24-12-14-26-13-11-17-7-5-6-8-18(17)16-26/h5-10,15H,4,11-14,16H2,1-3H3,(H2,23,24,25). The van der Waals surface area contributed by atoms with Crippen molar-refractivity contribution in [2.24, 2.45) is 4.99 Å². The molecule has 0 amide bonds. The first kappa shape index (κ1) is 20.0. The molecule has 0 saturated carbocycles. The Morgan fingerprint density at radius 3 is 2.71 bits per heavy atom. The van der Waals surface area contributed by atoms with E-state index in [0.717, 1.165) is 50.0 Å². The molecule has 150 valence electrons. The molecular weight excluding hydrogens is 352 g/mol. The first-order chi connectivity index (χ1) is 13.7. The molecule has 0 saturated heterocycles. The van der Waals surface area contributed by atoms with Crippen LogP contribution < -0.4 is 20.1 Å². The Morgan fingerprint density at radius 2 is 1.96 bits per heavy atom. The van der Waals surface area contributed by atoms with Crippen LogP contribution in [0.3, 0.4) is 0 Å². The van der Waals surface area contributed by atoms with E-state index in [0.29, 0.717) is 12.4 Å². The summed E-state index contributed by atoms with van der Waals surface area (Å²) in [6.07, 6.45) is 1.12. The predicted molar refractivity (Wildman–Crippen MR) is 115 cm³/mol. The third kappa shape index (κ3) is 5.16. The van der Waals surface area contributed by atoms with Gasteiger partial charge in [-0.3, -0.25) is 9.89 Å². The number of guanidine groups is 1. The highest BCUT2D eigenvalue weighted by molar-refractivity contribution is 5.93. The van der Waals surface area contributed by atoms with Gasteiger partial charge in [-0.05, 0) is 36.6 Å². The van der Waals surface area contributed by atoms with Crippen molar-refractivity contribution >= 4 is 11.6 Å². The monoisotopic (exact) mass is 382 g/mol. The first-order valence-corrected chi connectivity index (χ1v) is 9.81. The number of hydrogen-bond acceptors (Lipinski definition) is 4. The minimum absolute atomic E-state index is 0.604. The molecule has 28 heavy (non-hydrogen) atoms. The molecule has 0 radical (unpaired) electrons. The van der Waals surface area contributed by atoms with E-state index in [1.54, 1.807) is 14.2 Å². The molecule has 3 rings (SSSR count). The number of anilines is 1. The molecule has 1 heterocycles. The summed E-state index contributed by atoms with van der Waals surface area (Å²) in [5, 5.41) is 6.70. The maximum Gasteiger partial charge on any atom is 0.195 e. The van der Waals surface area contributed by atoms with Crippen molar-refractivity contribution in [1.82, 2.24) is 10.2 Å². The van der Waals surface area contributed by atoms with Crippen molar-refractivity contribution in [3.8, 4) is 11.5 Å². The molecular formula is C22H30N4O2. The van der Waals surface area contributed by atoms with Crippen LogP contribution in [0.25, 0.3) is 0 Å². The molecule has 2 aromatic rings. The van der Waals surface area contributed by atoms with Crippen molar-refractivity contribution in [2.75, 3.05) is 45.7 Å². The van der Waals surface area contributed by atoms with Crippen molar-refractivity contribution in [3.63, 3.8) is 0 Å². The zero-order valence-electron chi connectivity index (χ0n) is 17.0. The van der Waals surface area contributed by atoms with Gasteiger partial charge in [-0.25, -0.2) is 0 Å². The molecule has 0 bridgehead atoms. The summed E-state index contributed by atoms with van der Waals surface area (Å²) in [6, 6.07) is 14.5. The maximum absolute atomic E-state index is 5.57. The first-order valence-electron chi connectivity index (χ1n) is 9.81. The summed E-state index contributed by atoms with van der Waals surface area (Å²) in [5.74, 6) is 2.18. The molecule has 0 spiro atoms. The normalized spacial score (nSPS) is 14.3. The third-order valence-electron chi connectivity index (χ3n) is 4.88. The van der Waals surface area contributed by atoms with Crippen LogP contribution in [0.1, 0.15) is 18.1 Å². The number of ether oxygens (including phenoxy) is 2. The molecule has 6 heteroatoms. The van der Waals surface area contributed by atoms with Gasteiger partial charge in [0.2, 0.25) is 0 Å². The second-order valence-corrected chi connectivity index (χ2v) is 6.72. The maximum atomic E-state index is 5.57. The predicted octanol–water partition coefficient (Wildman–Crippen LogP) is 3.14. The lowest BCUT2D eigenvalue weighted by molar-refractivity contribution is 0.258. The van der Waals surface area contributed by atoms with Gasteiger partial charge in [-0.15, -0.1) is 0 Å². The van der Waals surface area contributed by atoms with E-state index in [1.165, 1.54) is 11.1 Å². The minimum atomic E-state index is 0.604. The van der Waals surface area contributed by atoms with Gasteiger partial charge >= 0.3 is 0 Å². The number of benzene rings is 2. The fraction of sp³-hybridized carbons (Fsp3) is 0.409. The highest BCUT2D eigenvalue weighted by Crippen LogP contribution is 2.30. The Labute approximate surface area is 167 Å². The van der Waals surface area contributed by atoms with E-state index in [2.05, 4.69) is 44.8 Å². The number of aliphatic imine (C=N–C) groups is 1. The topological polar surface area (TPSA) is 58.1 Å². The van der Waals surface area contributed by atoms with Crippen LogP contribution in [-0.2, 0) is 13.0 Å². The summed E-state index contributed by atoms with van der Waals surface area (Å²) in [4.78, 5) is 6.79. The Balaban J connectivity index is 1.50. The van der Waals surface area contributed by atoms with E-state index in [4.69, 9.17) is 9.47 Å². The zero-order chi connectivity index (χ0) is 19.8. The molecule has 6 nitrogen and oxygen atoms in total. The number of rotatable bonds is 7. The second-order valence-electron chi connectivity index (χ2n) is 6.72. The van der Waals surface area contributed by atoms with Crippen LogP contribution >= 0.6 is 0 Å². The van der Waals surface area contributed by atoms with Crippen LogP contribution in [0.2, 0.25) is 0 Å². The lowest BCUT2D eigenvalue weighted by Gasteiger charge is -2.28. The quantitative estimate of drug-likeness (QED) is 0.569. The SMILES string of the molecule is CCOc1ccc(NC(=NC)NCCN2CCc3ccccc3C2)cc1OC. The van der Waals surface area contributed by atoms with Crippen LogP contribution in [-0.4, -0.2) is 51.3 Å². The lowest BCUT2D eigenvalue weighted by atomic mass is 10.00. The molecule has 1 aliphatic heterocycles. The Kier molecular flexibility index (Phi) is 7.14. The fourth-order valence-electron chi connectivity index (χ4n) is 3.41. The van der Waals surface area contributed by atoms with E-state index in [-0.39, 0.29) is 0 Å². The largest absolute Gasteiger partial charge is 0.493 e. The summed E-state index contributed by atoms with van der Waals surface area (Å²) < 4.78 is 11.0. The Bertz CT molecular complexity index is 807. The number of fused-ring (bicyclic) bond motifs is 1. The van der Waals surface area contributed by atoms with Crippen LogP contribution in [0.15, 0.2) is 47.5 Å². The third-order valence-corrected chi connectivity index (χ3v) is 4.88. The Hall–Kier alpha value is -2.73. The molecule has 2 N–H and O–H groups in total. The average Bonchev–Trinajstić information content (AvgIpc) is 2.74. The number of nitrogens with one attached hydrogen (secondary N) is 2. The van der Waals surface area contributed by atoms with Crippen molar-refractivity contribution in [1.29, 1.82) is 0 Å². The number of methoxy groups -OCH3 is 1. The van der Waals surface area contributed by atoms with Gasteiger partial charge in [0.15, 0.2) is 17.5 Å². The summed E-state index contributed by atoms with van der Waals surface area (Å²) in [6.45, 7) is 6.48. The van der Waals surface area contributed by atoms with E-state index >= 15 is 0 Å². The summed E-state index contributed by atoms with van der Waals surface area (Å²) in [7, 11) is 3.42. The number of nitrogens with zero attached hydrogens (tertiary/aromatic N) is 2. The van der Waals surface area contributed by atoms with Gasteiger partial charge in [0.25, 0.3) is 0 Å². The Morgan fingerprint density at radius 1 is 1.14 bits per heavy atom. The van der Waals surface area contributed by atoms with Gasteiger partial charge in [0.1, 0.15) is 0 Å². The number of hydrogen-bond donors (Lipinski definition) is 2. The van der Waals surface area contributed by atoms with Gasteiger partial charge in [-0.2, -0.15) is 0 Å². The average molecular weight is 383 g/mol. The minimum Gasteiger partial charge on any atom is -0.493 e. The summed E-state index contributed by atoms with van der Waals surface area (Å²) >= 11 is 0. The molecule has 2 aromatic carbocycles. The molecule has 1 aliphatic rings. The van der Waals surface area contributed by atoms with Crippen molar-refractivity contribution < 1.29 is 9.47 Å². The van der Waals surface area contributed by atoms with Crippen molar-refractivity contribution in [2.45, 2.75) is 19.9 Å². The molecule has 0 fully saturated rings. The zero-order valence-corrected chi connectivity index (χ0v) is 17.0. The van der Waals surface area contributed by atoms with Gasteiger partial charge in [-0.1, -0.05) is 24.3 Å². The van der Waals surface area contributed by atoms with Gasteiger partial charge in [0.05, 0.1) is 13.7 Å². The summed E-state index contributed by atoms with van der Waals surface area (Å²) in [5.41, 5.74) is 3.83. The molecule has 0 atom stereocenters. The van der Waals surface area contributed by atoms with Gasteiger partial charge < -0.3 is 20.1 Å². The van der Waals surface area contributed by atoms with E-state index in [1.807, 2.05) is 25.1 Å². The van der Waals surface area contributed by atoms with E-state index in [9.17, 15) is 0 Å². The molecule has 0 aromatic heterocycles. The second kappa shape index (κ2) is 9.99. The highest BCUT2D eigenvalue weighted by Gasteiger charge is 2.15. The molecule has 0 unspecified atom stereocenters. The van der Waals surface area contributed by atoms with Crippen molar-refractivity contribution in [3.05, 3.63) is 53.6 Å². The van der Waals surface area contributed by atoms with Crippen LogP contribution in [0, 0.1) is 0 Å². The van der Waals surface area contributed by atoms with Crippen LogP contribution in [0.5, 0.6) is 11.5 Å². The lowest BCUT2D eigenvalue weighted by Crippen LogP contribution is -2.39. The highest BCUT2D eigenvalue weighted by atomic mass is 16.5. The molecule has 0 aliphatic carbocycles. The fourth-order valence-corrected chi connectivity index (χ4v) is 3.41. The van der Waals surface area contributed by atoms with Gasteiger partial charge in [0, 0.05) is 45.0 Å².